The van der Waals surface area contributed by atoms with Gasteiger partial charge in [-0.05, 0) is 41.0 Å². The largest absolute Gasteiger partial charge is 0.459 e. The third-order valence-electron chi connectivity index (χ3n) is 4.64. The predicted molar refractivity (Wildman–Crippen MR) is 98.6 cm³/mol. The van der Waals surface area contributed by atoms with E-state index in [0.717, 1.165) is 25.9 Å². The Morgan fingerprint density at radius 1 is 1.08 bits per heavy atom. The van der Waals surface area contributed by atoms with Gasteiger partial charge in [-0.15, -0.1) is 0 Å². The van der Waals surface area contributed by atoms with Crippen LogP contribution in [-0.2, 0) is 14.4 Å². The molecule has 0 aromatic rings. The molecule has 0 aliphatic carbocycles. The number of rotatable bonds is 9. The molecule has 0 aromatic carbocycles. The van der Waals surface area contributed by atoms with Crippen LogP contribution in [0.4, 0.5) is 0 Å². The lowest BCUT2D eigenvalue weighted by atomic mass is 9.80. The Kier molecular flexibility index (Phi) is 7.94. The summed E-state index contributed by atoms with van der Waals surface area (Å²) in [5.74, 6) is -0.295. The Balaban J connectivity index is 2.58. The second-order valence-corrected chi connectivity index (χ2v) is 8.38. The van der Waals surface area contributed by atoms with Crippen LogP contribution >= 0.6 is 0 Å². The summed E-state index contributed by atoms with van der Waals surface area (Å²) in [5.41, 5.74) is 0.104. The zero-order valence-electron chi connectivity index (χ0n) is 16.6. The smallest absolute Gasteiger partial charge is 0.333 e. The van der Waals surface area contributed by atoms with Crippen LogP contribution in [0.5, 0.6) is 0 Å². The molecular weight excluding hydrogens is 302 g/mol. The van der Waals surface area contributed by atoms with Crippen molar-refractivity contribution in [3.63, 3.8) is 0 Å². The third-order valence-corrected chi connectivity index (χ3v) is 4.64. The van der Waals surface area contributed by atoms with E-state index < -0.39 is 0 Å². The summed E-state index contributed by atoms with van der Waals surface area (Å²) in [6.45, 7) is 17.0. The van der Waals surface area contributed by atoms with Gasteiger partial charge in [-0.2, -0.15) is 5.06 Å². The minimum Gasteiger partial charge on any atom is -0.459 e. The third kappa shape index (κ3) is 6.21. The zero-order valence-corrected chi connectivity index (χ0v) is 16.6. The van der Waals surface area contributed by atoms with E-state index in [2.05, 4.69) is 46.3 Å². The highest BCUT2D eigenvalue weighted by Gasteiger charge is 2.47. The highest BCUT2D eigenvalue weighted by Crippen LogP contribution is 2.40. The number of hydrogen-bond acceptors (Lipinski definition) is 4. The summed E-state index contributed by atoms with van der Waals surface area (Å²) in [7, 11) is 0. The summed E-state index contributed by atoms with van der Waals surface area (Å²) in [4.78, 5) is 18.0. The summed E-state index contributed by atoms with van der Waals surface area (Å²) in [5, 5.41) is 2.13. The van der Waals surface area contributed by atoms with Crippen molar-refractivity contribution in [1.82, 2.24) is 5.06 Å². The molecule has 1 aliphatic heterocycles. The molecule has 0 unspecified atom stereocenters. The van der Waals surface area contributed by atoms with Crippen molar-refractivity contribution in [3.8, 4) is 0 Å². The molecule has 4 heteroatoms. The molecule has 0 N–H and O–H groups in total. The van der Waals surface area contributed by atoms with Crippen LogP contribution in [0.3, 0.4) is 0 Å². The lowest BCUT2D eigenvalue weighted by Crippen LogP contribution is -2.62. The maximum atomic E-state index is 11.8. The maximum absolute atomic E-state index is 11.8. The fourth-order valence-corrected chi connectivity index (χ4v) is 3.72. The molecule has 0 bridgehead atoms. The van der Waals surface area contributed by atoms with Crippen molar-refractivity contribution in [1.29, 1.82) is 0 Å². The second kappa shape index (κ2) is 9.00. The van der Waals surface area contributed by atoms with E-state index in [-0.39, 0.29) is 23.2 Å². The number of unbranched alkanes of at least 4 members (excludes halogenated alkanes) is 4. The predicted octanol–water partition coefficient (Wildman–Crippen LogP) is 5.03. The average Bonchev–Trinajstić information content (AvgIpc) is 2.43. The van der Waals surface area contributed by atoms with E-state index >= 15 is 0 Å². The molecule has 0 radical (unpaired) electrons. The van der Waals surface area contributed by atoms with Crippen molar-refractivity contribution in [3.05, 3.63) is 12.2 Å². The normalized spacial score (nSPS) is 20.8. The molecule has 4 nitrogen and oxygen atoms in total. The van der Waals surface area contributed by atoms with Crippen molar-refractivity contribution in [2.75, 3.05) is 6.61 Å². The summed E-state index contributed by atoms with van der Waals surface area (Å²) in [6.07, 6.45) is 7.61. The van der Waals surface area contributed by atoms with E-state index in [0.29, 0.717) is 5.57 Å². The number of piperidine rings is 1. The van der Waals surface area contributed by atoms with Crippen LogP contribution in [-0.4, -0.2) is 34.8 Å². The van der Waals surface area contributed by atoms with Crippen LogP contribution in [0.15, 0.2) is 12.2 Å². The lowest BCUT2D eigenvalue weighted by molar-refractivity contribution is -0.293. The van der Waals surface area contributed by atoms with Gasteiger partial charge in [-0.1, -0.05) is 39.2 Å². The first-order valence-electron chi connectivity index (χ1n) is 9.40. The Labute approximate surface area is 148 Å². The first-order valence-corrected chi connectivity index (χ1v) is 9.40. The Hall–Kier alpha value is -0.870. The van der Waals surface area contributed by atoms with E-state index in [4.69, 9.17) is 9.57 Å². The van der Waals surface area contributed by atoms with Crippen LogP contribution < -0.4 is 0 Å². The quantitative estimate of drug-likeness (QED) is 0.335. The van der Waals surface area contributed by atoms with Gasteiger partial charge in [-0.3, -0.25) is 4.84 Å². The van der Waals surface area contributed by atoms with Gasteiger partial charge in [0, 0.05) is 29.5 Å². The topological polar surface area (TPSA) is 38.8 Å². The minimum atomic E-state index is -0.295. The van der Waals surface area contributed by atoms with E-state index in [1.165, 1.54) is 25.7 Å². The molecule has 1 heterocycles. The molecule has 1 saturated heterocycles. The van der Waals surface area contributed by atoms with Crippen LogP contribution in [0.25, 0.3) is 0 Å². The van der Waals surface area contributed by atoms with Crippen LogP contribution in [0.2, 0.25) is 0 Å². The Morgan fingerprint density at radius 3 is 2.12 bits per heavy atom. The van der Waals surface area contributed by atoms with Crippen molar-refractivity contribution < 1.29 is 14.4 Å². The molecule has 0 atom stereocenters. The molecule has 0 spiro atoms. The SMILES string of the molecule is C=C(C)C(=O)OC1CC(C)(C)N(OCCCCCCC)C(C)(C)C1. The second-order valence-electron chi connectivity index (χ2n) is 8.38. The summed E-state index contributed by atoms with van der Waals surface area (Å²) < 4.78 is 5.62. The van der Waals surface area contributed by atoms with E-state index in [1.807, 2.05) is 0 Å². The summed E-state index contributed by atoms with van der Waals surface area (Å²) >= 11 is 0. The van der Waals surface area contributed by atoms with Crippen LogP contribution in [0.1, 0.15) is 86.5 Å². The zero-order chi connectivity index (χ0) is 18.4. The van der Waals surface area contributed by atoms with Crippen molar-refractivity contribution in [2.45, 2.75) is 104 Å². The van der Waals surface area contributed by atoms with E-state index in [9.17, 15) is 4.79 Å². The molecule has 0 aromatic heterocycles. The van der Waals surface area contributed by atoms with Gasteiger partial charge in [0.1, 0.15) is 6.10 Å². The van der Waals surface area contributed by atoms with Crippen molar-refractivity contribution in [2.24, 2.45) is 0 Å². The molecule has 1 aliphatic rings. The monoisotopic (exact) mass is 339 g/mol. The van der Waals surface area contributed by atoms with Crippen molar-refractivity contribution >= 4 is 5.97 Å². The van der Waals surface area contributed by atoms with Gasteiger partial charge < -0.3 is 4.74 Å². The first-order chi connectivity index (χ1) is 11.1. The fourth-order valence-electron chi connectivity index (χ4n) is 3.72. The fraction of sp³-hybridized carbons (Fsp3) is 0.850. The number of hydrogen-bond donors (Lipinski definition) is 0. The highest BCUT2D eigenvalue weighted by molar-refractivity contribution is 5.87. The number of ether oxygens (including phenoxy) is 1. The van der Waals surface area contributed by atoms with E-state index in [1.54, 1.807) is 6.92 Å². The number of hydroxylamine groups is 2. The lowest BCUT2D eigenvalue weighted by Gasteiger charge is -2.53. The standard InChI is InChI=1S/C20H37NO3/c1-8-9-10-11-12-13-23-21-19(4,5)14-17(15-20(21,6)7)24-18(22)16(2)3/h17H,2,8-15H2,1,3-7H3. The molecule has 140 valence electrons. The van der Waals surface area contributed by atoms with Gasteiger partial charge in [0.15, 0.2) is 0 Å². The summed E-state index contributed by atoms with van der Waals surface area (Å²) in [6, 6.07) is 0. The van der Waals surface area contributed by atoms with Crippen LogP contribution in [0, 0.1) is 0 Å². The number of nitrogens with zero attached hydrogens (tertiary/aromatic N) is 1. The number of carbonyl (C=O) groups is 1. The molecule has 24 heavy (non-hydrogen) atoms. The molecular formula is C20H37NO3. The minimum absolute atomic E-state index is 0.0939. The number of carbonyl (C=O) groups excluding carboxylic acids is 1. The molecule has 0 amide bonds. The molecule has 0 saturated carbocycles. The van der Waals surface area contributed by atoms with Gasteiger partial charge >= 0.3 is 5.97 Å². The van der Waals surface area contributed by atoms with Gasteiger partial charge in [0.2, 0.25) is 0 Å². The first kappa shape index (κ1) is 21.2. The maximum Gasteiger partial charge on any atom is 0.333 e. The Bertz CT molecular complexity index is 411. The van der Waals surface area contributed by atoms with Gasteiger partial charge in [-0.25, -0.2) is 4.79 Å². The Morgan fingerprint density at radius 2 is 1.62 bits per heavy atom. The highest BCUT2D eigenvalue weighted by atomic mass is 16.7. The molecule has 1 fully saturated rings. The van der Waals surface area contributed by atoms with Gasteiger partial charge in [0.25, 0.3) is 0 Å². The average molecular weight is 340 g/mol. The number of esters is 1. The molecule has 1 rings (SSSR count). The van der Waals surface area contributed by atoms with Gasteiger partial charge in [0.05, 0.1) is 6.61 Å².